The van der Waals surface area contributed by atoms with Crippen molar-refractivity contribution in [1.82, 2.24) is 20.0 Å². The minimum absolute atomic E-state index is 0.156. The molecule has 0 aliphatic carbocycles. The van der Waals surface area contributed by atoms with Crippen molar-refractivity contribution < 1.29 is 4.79 Å². The Kier molecular flexibility index (Phi) is 5.67. The van der Waals surface area contributed by atoms with Crippen LogP contribution in [0.3, 0.4) is 0 Å². The smallest absolute Gasteiger partial charge is 0.253 e. The maximum absolute atomic E-state index is 12.9. The van der Waals surface area contributed by atoms with E-state index in [1.165, 1.54) is 16.9 Å². The number of carbonyl (C=O) groups is 1. The molecule has 1 aromatic heterocycles. The molecule has 2 saturated heterocycles. The lowest BCUT2D eigenvalue weighted by Gasteiger charge is -2.34. The number of hydrogen-bond donors (Lipinski definition) is 1. The van der Waals surface area contributed by atoms with Gasteiger partial charge >= 0.3 is 0 Å². The Hall–Kier alpha value is -2.34. The number of rotatable bonds is 4. The SMILES string of the molecule is CCc1cn[nH]c1C1CCN(C(=O)c2ccc(N3CCN(C)CC3)cc2)CC1. The van der Waals surface area contributed by atoms with Crippen molar-refractivity contribution in [3.05, 3.63) is 47.3 Å². The third-order valence-electron chi connectivity index (χ3n) is 6.31. The number of carbonyl (C=O) groups excluding carboxylic acids is 1. The Bertz CT molecular complexity index is 784. The number of likely N-dealkylation sites (N-methyl/N-ethyl adjacent to an activating group) is 1. The van der Waals surface area contributed by atoms with Gasteiger partial charge in [-0.1, -0.05) is 6.92 Å². The standard InChI is InChI=1S/C22H31N5O/c1-3-17-16-23-24-21(17)18-8-10-27(11-9-18)22(28)19-4-6-20(7-5-19)26-14-12-25(2)13-15-26/h4-7,16,18H,3,8-15H2,1-2H3,(H,23,24). The van der Waals surface area contributed by atoms with Crippen LogP contribution in [-0.4, -0.2) is 72.2 Å². The number of hydrogen-bond acceptors (Lipinski definition) is 4. The van der Waals surface area contributed by atoms with Crippen LogP contribution in [0.5, 0.6) is 0 Å². The Labute approximate surface area is 167 Å². The first-order valence-electron chi connectivity index (χ1n) is 10.5. The van der Waals surface area contributed by atoms with Crippen LogP contribution in [0.2, 0.25) is 0 Å². The third kappa shape index (κ3) is 3.92. The summed E-state index contributed by atoms with van der Waals surface area (Å²) in [5, 5.41) is 7.39. The zero-order valence-corrected chi connectivity index (χ0v) is 17.0. The van der Waals surface area contributed by atoms with Crippen LogP contribution in [-0.2, 0) is 6.42 Å². The van der Waals surface area contributed by atoms with Gasteiger partial charge in [0.2, 0.25) is 0 Å². The molecule has 6 heteroatoms. The molecule has 1 aromatic carbocycles. The minimum atomic E-state index is 0.156. The second kappa shape index (κ2) is 8.35. The Balaban J connectivity index is 1.35. The fourth-order valence-corrected chi connectivity index (χ4v) is 4.39. The van der Waals surface area contributed by atoms with E-state index >= 15 is 0 Å². The summed E-state index contributed by atoms with van der Waals surface area (Å²) in [6.45, 7) is 8.06. The van der Waals surface area contributed by atoms with Crippen molar-refractivity contribution in [1.29, 1.82) is 0 Å². The second-order valence-electron chi connectivity index (χ2n) is 8.07. The molecule has 0 bridgehead atoms. The van der Waals surface area contributed by atoms with Crippen molar-refractivity contribution in [2.45, 2.75) is 32.1 Å². The summed E-state index contributed by atoms with van der Waals surface area (Å²) in [6.07, 6.45) is 4.94. The lowest BCUT2D eigenvalue weighted by atomic mass is 9.90. The molecule has 2 aliphatic rings. The molecule has 28 heavy (non-hydrogen) atoms. The van der Waals surface area contributed by atoms with Gasteiger partial charge in [-0.2, -0.15) is 5.10 Å². The summed E-state index contributed by atoms with van der Waals surface area (Å²) in [5.41, 5.74) is 4.59. The first kappa shape index (κ1) is 19.0. The lowest BCUT2D eigenvalue weighted by molar-refractivity contribution is 0.0712. The van der Waals surface area contributed by atoms with E-state index in [1.807, 2.05) is 23.2 Å². The summed E-state index contributed by atoms with van der Waals surface area (Å²) in [4.78, 5) is 19.7. The number of aryl methyl sites for hydroxylation is 1. The molecular formula is C22H31N5O. The Morgan fingerprint density at radius 3 is 2.39 bits per heavy atom. The van der Waals surface area contributed by atoms with Crippen molar-refractivity contribution in [2.75, 3.05) is 51.2 Å². The van der Waals surface area contributed by atoms with E-state index in [1.54, 1.807) is 0 Å². The molecule has 3 heterocycles. The number of aromatic nitrogens is 2. The summed E-state index contributed by atoms with van der Waals surface area (Å²) >= 11 is 0. The third-order valence-corrected chi connectivity index (χ3v) is 6.31. The summed E-state index contributed by atoms with van der Waals surface area (Å²) in [5.74, 6) is 0.643. The van der Waals surface area contributed by atoms with Crippen molar-refractivity contribution in [3.8, 4) is 0 Å². The van der Waals surface area contributed by atoms with Crippen LogP contribution >= 0.6 is 0 Å². The number of amides is 1. The number of benzene rings is 1. The van der Waals surface area contributed by atoms with E-state index in [0.717, 1.165) is 64.1 Å². The highest BCUT2D eigenvalue weighted by Crippen LogP contribution is 2.30. The molecule has 150 valence electrons. The van der Waals surface area contributed by atoms with Crippen LogP contribution < -0.4 is 4.90 Å². The van der Waals surface area contributed by atoms with E-state index < -0.39 is 0 Å². The molecule has 2 aliphatic heterocycles. The minimum Gasteiger partial charge on any atom is -0.369 e. The van der Waals surface area contributed by atoms with E-state index in [9.17, 15) is 4.79 Å². The first-order chi connectivity index (χ1) is 13.7. The van der Waals surface area contributed by atoms with Gasteiger partial charge in [-0.3, -0.25) is 9.89 Å². The van der Waals surface area contributed by atoms with Crippen LogP contribution in [0.4, 0.5) is 5.69 Å². The summed E-state index contributed by atoms with van der Waals surface area (Å²) in [7, 11) is 2.16. The number of H-pyrrole nitrogens is 1. The molecule has 1 N–H and O–H groups in total. The number of aromatic amines is 1. The predicted octanol–water partition coefficient (Wildman–Crippen LogP) is 2.74. The van der Waals surface area contributed by atoms with Gasteiger partial charge < -0.3 is 14.7 Å². The quantitative estimate of drug-likeness (QED) is 0.885. The van der Waals surface area contributed by atoms with Gasteiger partial charge in [0.25, 0.3) is 5.91 Å². The Morgan fingerprint density at radius 1 is 1.07 bits per heavy atom. The number of piperidine rings is 1. The zero-order valence-electron chi connectivity index (χ0n) is 17.0. The fraction of sp³-hybridized carbons (Fsp3) is 0.545. The number of anilines is 1. The maximum atomic E-state index is 12.9. The number of nitrogens with zero attached hydrogens (tertiary/aromatic N) is 4. The van der Waals surface area contributed by atoms with Gasteiger partial charge in [-0.05, 0) is 56.1 Å². The number of likely N-dealkylation sites (tertiary alicyclic amines) is 1. The largest absolute Gasteiger partial charge is 0.369 e. The second-order valence-corrected chi connectivity index (χ2v) is 8.07. The highest BCUT2D eigenvalue weighted by atomic mass is 16.2. The molecule has 2 aromatic rings. The van der Waals surface area contributed by atoms with Crippen LogP contribution in [0.15, 0.2) is 30.5 Å². The van der Waals surface area contributed by atoms with Crippen LogP contribution in [0, 0.1) is 0 Å². The van der Waals surface area contributed by atoms with Gasteiger partial charge in [0.15, 0.2) is 0 Å². The molecule has 2 fully saturated rings. The van der Waals surface area contributed by atoms with E-state index in [4.69, 9.17) is 0 Å². The summed E-state index contributed by atoms with van der Waals surface area (Å²) < 4.78 is 0. The van der Waals surface area contributed by atoms with Gasteiger partial charge in [0, 0.05) is 62.1 Å². The Morgan fingerprint density at radius 2 is 1.75 bits per heavy atom. The van der Waals surface area contributed by atoms with E-state index in [0.29, 0.717) is 5.92 Å². The molecule has 0 radical (unpaired) electrons. The number of nitrogens with one attached hydrogen (secondary N) is 1. The van der Waals surface area contributed by atoms with Gasteiger partial charge in [-0.15, -0.1) is 0 Å². The van der Waals surface area contributed by atoms with Crippen LogP contribution in [0.25, 0.3) is 0 Å². The van der Waals surface area contributed by atoms with Gasteiger partial charge in [0.1, 0.15) is 0 Å². The molecule has 4 rings (SSSR count). The van der Waals surface area contributed by atoms with Gasteiger partial charge in [-0.25, -0.2) is 0 Å². The molecule has 6 nitrogen and oxygen atoms in total. The van der Waals surface area contributed by atoms with Crippen LogP contribution in [0.1, 0.15) is 47.3 Å². The fourth-order valence-electron chi connectivity index (χ4n) is 4.39. The molecule has 0 spiro atoms. The zero-order chi connectivity index (χ0) is 19.5. The molecule has 0 unspecified atom stereocenters. The maximum Gasteiger partial charge on any atom is 0.253 e. The average Bonchev–Trinajstić information content (AvgIpc) is 3.23. The van der Waals surface area contributed by atoms with E-state index in [-0.39, 0.29) is 5.91 Å². The number of piperazine rings is 1. The van der Waals surface area contributed by atoms with Crippen molar-refractivity contribution >= 4 is 11.6 Å². The molecule has 1 amide bonds. The average molecular weight is 382 g/mol. The monoisotopic (exact) mass is 381 g/mol. The normalized spacial score (nSPS) is 19.2. The highest BCUT2D eigenvalue weighted by Gasteiger charge is 2.26. The molecular weight excluding hydrogens is 350 g/mol. The van der Waals surface area contributed by atoms with E-state index in [2.05, 4.69) is 46.1 Å². The topological polar surface area (TPSA) is 55.5 Å². The lowest BCUT2D eigenvalue weighted by Crippen LogP contribution is -2.44. The molecule has 0 saturated carbocycles. The summed E-state index contributed by atoms with van der Waals surface area (Å²) in [6, 6.07) is 8.19. The highest BCUT2D eigenvalue weighted by molar-refractivity contribution is 5.94. The van der Waals surface area contributed by atoms with Crippen molar-refractivity contribution in [2.24, 2.45) is 0 Å². The van der Waals surface area contributed by atoms with Crippen molar-refractivity contribution in [3.63, 3.8) is 0 Å². The molecule has 0 atom stereocenters. The predicted molar refractivity (Wildman–Crippen MR) is 112 cm³/mol. The first-order valence-corrected chi connectivity index (χ1v) is 10.5. The van der Waals surface area contributed by atoms with Gasteiger partial charge in [0.05, 0.1) is 6.20 Å².